The number of morpholine rings is 1. The van der Waals surface area contributed by atoms with Crippen molar-refractivity contribution in [1.82, 2.24) is 9.80 Å². The molecule has 0 aromatic heterocycles. The third kappa shape index (κ3) is 3.74. The fourth-order valence-corrected chi connectivity index (χ4v) is 3.07. The third-order valence-electron chi connectivity index (χ3n) is 4.41. The van der Waals surface area contributed by atoms with Gasteiger partial charge in [0.2, 0.25) is 0 Å². The zero-order valence-electron chi connectivity index (χ0n) is 13.3. The molecule has 2 amide bonds. The highest BCUT2D eigenvalue weighted by molar-refractivity contribution is 5.74. The van der Waals surface area contributed by atoms with Crippen LogP contribution in [0.25, 0.3) is 0 Å². The molecule has 0 atom stereocenters. The first-order valence-electron chi connectivity index (χ1n) is 8.14. The van der Waals surface area contributed by atoms with Gasteiger partial charge in [-0.1, -0.05) is 0 Å². The van der Waals surface area contributed by atoms with E-state index in [2.05, 4.69) is 11.0 Å². The molecule has 2 heterocycles. The van der Waals surface area contributed by atoms with Gasteiger partial charge in [0, 0.05) is 45.0 Å². The monoisotopic (exact) mass is 314 g/mol. The number of ether oxygens (including phenoxy) is 1. The van der Waals surface area contributed by atoms with Crippen LogP contribution in [0.2, 0.25) is 0 Å². The van der Waals surface area contributed by atoms with Crippen LogP contribution in [0.4, 0.5) is 10.5 Å². The van der Waals surface area contributed by atoms with Crippen molar-refractivity contribution in [2.75, 3.05) is 57.4 Å². The normalized spacial score (nSPS) is 19.2. The van der Waals surface area contributed by atoms with Crippen LogP contribution >= 0.6 is 0 Å². The van der Waals surface area contributed by atoms with Crippen LogP contribution in [0, 0.1) is 11.3 Å². The number of urea groups is 1. The molecule has 2 aliphatic heterocycles. The number of benzene rings is 1. The minimum absolute atomic E-state index is 0.134. The van der Waals surface area contributed by atoms with Crippen LogP contribution in [0.15, 0.2) is 24.3 Å². The van der Waals surface area contributed by atoms with Crippen molar-refractivity contribution < 1.29 is 9.53 Å². The molecule has 122 valence electrons. The van der Waals surface area contributed by atoms with Gasteiger partial charge >= 0.3 is 6.03 Å². The fourth-order valence-electron chi connectivity index (χ4n) is 3.07. The Bertz CT molecular complexity index is 575. The molecule has 0 radical (unpaired) electrons. The molecule has 2 saturated heterocycles. The molecule has 6 heteroatoms. The molecular weight excluding hydrogens is 292 g/mol. The molecule has 0 spiro atoms. The van der Waals surface area contributed by atoms with Crippen LogP contribution in [0.5, 0.6) is 0 Å². The molecule has 1 aromatic carbocycles. The summed E-state index contributed by atoms with van der Waals surface area (Å²) in [5.41, 5.74) is 1.79. The summed E-state index contributed by atoms with van der Waals surface area (Å²) in [4.78, 5) is 18.7. The van der Waals surface area contributed by atoms with Crippen molar-refractivity contribution in [2.24, 2.45) is 0 Å². The smallest absolute Gasteiger partial charge is 0.320 e. The Morgan fingerprint density at radius 1 is 0.957 bits per heavy atom. The van der Waals surface area contributed by atoms with E-state index in [1.165, 1.54) is 0 Å². The van der Waals surface area contributed by atoms with Gasteiger partial charge in [-0.2, -0.15) is 5.26 Å². The first-order valence-corrected chi connectivity index (χ1v) is 8.14. The molecular formula is C17H22N4O2. The van der Waals surface area contributed by atoms with Crippen molar-refractivity contribution >= 4 is 11.7 Å². The summed E-state index contributed by atoms with van der Waals surface area (Å²) in [7, 11) is 0. The van der Waals surface area contributed by atoms with Crippen LogP contribution in [0.3, 0.4) is 0 Å². The van der Waals surface area contributed by atoms with Gasteiger partial charge in [0.25, 0.3) is 0 Å². The van der Waals surface area contributed by atoms with Crippen molar-refractivity contribution in [3.8, 4) is 6.07 Å². The molecule has 1 aromatic rings. The molecule has 0 unspecified atom stereocenters. The number of carbonyl (C=O) groups is 1. The first kappa shape index (κ1) is 15.6. The predicted molar refractivity (Wildman–Crippen MR) is 87.3 cm³/mol. The van der Waals surface area contributed by atoms with E-state index in [-0.39, 0.29) is 6.03 Å². The van der Waals surface area contributed by atoms with Gasteiger partial charge in [0.1, 0.15) is 0 Å². The number of nitrogens with zero attached hydrogens (tertiary/aromatic N) is 4. The lowest BCUT2D eigenvalue weighted by atomic mass is 10.2. The van der Waals surface area contributed by atoms with Crippen LogP contribution in [-0.2, 0) is 4.74 Å². The van der Waals surface area contributed by atoms with Crippen molar-refractivity contribution in [2.45, 2.75) is 6.42 Å². The topological polar surface area (TPSA) is 59.8 Å². The van der Waals surface area contributed by atoms with Gasteiger partial charge in [0.15, 0.2) is 0 Å². The Hall–Kier alpha value is -2.26. The molecule has 0 bridgehead atoms. The number of nitriles is 1. The van der Waals surface area contributed by atoms with E-state index in [0.717, 1.165) is 38.3 Å². The van der Waals surface area contributed by atoms with E-state index in [4.69, 9.17) is 10.00 Å². The van der Waals surface area contributed by atoms with Gasteiger partial charge < -0.3 is 19.4 Å². The van der Waals surface area contributed by atoms with Crippen LogP contribution < -0.4 is 4.90 Å². The van der Waals surface area contributed by atoms with E-state index < -0.39 is 0 Å². The quantitative estimate of drug-likeness (QED) is 0.788. The lowest BCUT2D eigenvalue weighted by Crippen LogP contribution is -2.49. The second-order valence-corrected chi connectivity index (χ2v) is 5.87. The second-order valence-electron chi connectivity index (χ2n) is 5.87. The summed E-state index contributed by atoms with van der Waals surface area (Å²) in [5, 5.41) is 8.88. The lowest BCUT2D eigenvalue weighted by molar-refractivity contribution is 0.0438. The molecule has 2 fully saturated rings. The summed E-state index contributed by atoms with van der Waals surface area (Å²) in [6.07, 6.45) is 0.954. The van der Waals surface area contributed by atoms with E-state index >= 15 is 0 Å². The van der Waals surface area contributed by atoms with Gasteiger partial charge in [-0.3, -0.25) is 0 Å². The molecule has 0 saturated carbocycles. The van der Waals surface area contributed by atoms with Crippen molar-refractivity contribution in [3.05, 3.63) is 29.8 Å². The fraction of sp³-hybridized carbons (Fsp3) is 0.529. The maximum atomic E-state index is 12.6. The summed E-state index contributed by atoms with van der Waals surface area (Å²) >= 11 is 0. The second kappa shape index (κ2) is 7.34. The van der Waals surface area contributed by atoms with Crippen molar-refractivity contribution in [3.63, 3.8) is 0 Å². The summed E-state index contributed by atoms with van der Waals surface area (Å²) in [5.74, 6) is 0. The Morgan fingerprint density at radius 3 is 2.35 bits per heavy atom. The van der Waals surface area contributed by atoms with Gasteiger partial charge in [-0.05, 0) is 30.7 Å². The number of rotatable bonds is 1. The Morgan fingerprint density at radius 2 is 1.65 bits per heavy atom. The van der Waals surface area contributed by atoms with Gasteiger partial charge in [0.05, 0.1) is 24.8 Å². The summed E-state index contributed by atoms with van der Waals surface area (Å²) in [6.45, 7) is 5.93. The third-order valence-corrected chi connectivity index (χ3v) is 4.41. The number of amides is 2. The zero-order chi connectivity index (χ0) is 16.1. The van der Waals surface area contributed by atoms with E-state index in [1.807, 2.05) is 34.1 Å². The van der Waals surface area contributed by atoms with Gasteiger partial charge in [-0.15, -0.1) is 0 Å². The van der Waals surface area contributed by atoms with Crippen LogP contribution in [0.1, 0.15) is 12.0 Å². The maximum absolute atomic E-state index is 12.6. The average molecular weight is 314 g/mol. The number of hydrogen-bond donors (Lipinski definition) is 0. The largest absolute Gasteiger partial charge is 0.378 e. The van der Waals surface area contributed by atoms with E-state index in [9.17, 15) is 4.79 Å². The number of carbonyl (C=O) groups excluding carboxylic acids is 1. The maximum Gasteiger partial charge on any atom is 0.320 e. The molecule has 2 aliphatic rings. The molecule has 0 N–H and O–H groups in total. The molecule has 0 aliphatic carbocycles. The van der Waals surface area contributed by atoms with E-state index in [0.29, 0.717) is 31.9 Å². The van der Waals surface area contributed by atoms with Gasteiger partial charge in [-0.25, -0.2) is 4.79 Å². The SMILES string of the molecule is N#Cc1ccc(N2CCCN(C(=O)N3CCOCC3)CC2)cc1. The lowest BCUT2D eigenvalue weighted by Gasteiger charge is -2.32. The summed E-state index contributed by atoms with van der Waals surface area (Å²) < 4.78 is 5.31. The van der Waals surface area contributed by atoms with Crippen LogP contribution in [-0.4, -0.2) is 68.3 Å². The summed E-state index contributed by atoms with van der Waals surface area (Å²) in [6, 6.07) is 9.93. The highest BCUT2D eigenvalue weighted by Gasteiger charge is 2.25. The number of hydrogen-bond acceptors (Lipinski definition) is 4. The minimum atomic E-state index is 0.134. The minimum Gasteiger partial charge on any atom is -0.378 e. The molecule has 3 rings (SSSR count). The zero-order valence-corrected chi connectivity index (χ0v) is 13.3. The average Bonchev–Trinajstić information content (AvgIpc) is 2.88. The Labute approximate surface area is 136 Å². The molecule has 23 heavy (non-hydrogen) atoms. The Kier molecular flexibility index (Phi) is 4.99. The van der Waals surface area contributed by atoms with Crippen molar-refractivity contribution in [1.29, 1.82) is 5.26 Å². The molecule has 6 nitrogen and oxygen atoms in total. The predicted octanol–water partition coefficient (Wildman–Crippen LogP) is 1.52. The highest BCUT2D eigenvalue weighted by Crippen LogP contribution is 2.18. The highest BCUT2D eigenvalue weighted by atomic mass is 16.5. The number of anilines is 1. The van der Waals surface area contributed by atoms with E-state index in [1.54, 1.807) is 0 Å². The standard InChI is InChI=1S/C17H22N4O2/c18-14-15-2-4-16(5-3-15)19-6-1-7-20(9-8-19)17(22)21-10-12-23-13-11-21/h2-5H,1,6-13H2. The Balaban J connectivity index is 1.60. The first-order chi connectivity index (χ1) is 11.3.